The van der Waals surface area contributed by atoms with E-state index in [1.165, 1.54) is 18.2 Å². The molecule has 3 aliphatic carbocycles. The molecule has 3 N–H and O–H groups in total. The number of nitrogens with one attached hydrogen (secondary N) is 1. The molecule has 4 aromatic rings. The Kier molecular flexibility index (Phi) is 8.50. The first-order chi connectivity index (χ1) is 25.6. The summed E-state index contributed by atoms with van der Waals surface area (Å²) >= 11 is 6.46. The molecular formula is C36H35ClF5N9O3. The number of amides is 2. The highest BCUT2D eigenvalue weighted by atomic mass is 35.5. The maximum atomic E-state index is 15.0. The number of guanidine groups is 1. The fourth-order valence-electron chi connectivity index (χ4n) is 7.10. The molecule has 12 nitrogen and oxygen atoms in total. The van der Waals surface area contributed by atoms with Crippen LogP contribution in [0.3, 0.4) is 0 Å². The topological polar surface area (TPSA) is 146 Å². The van der Waals surface area contributed by atoms with Crippen molar-refractivity contribution < 1.29 is 36.3 Å². The number of aliphatic imine (C=N–C) groups is 1. The van der Waals surface area contributed by atoms with Crippen LogP contribution in [0, 0.1) is 5.41 Å². The summed E-state index contributed by atoms with van der Waals surface area (Å²) in [6, 6.07) is 10.7. The first kappa shape index (κ1) is 35.9. The van der Waals surface area contributed by atoms with E-state index < -0.39 is 48.5 Å². The molecule has 8 rings (SSSR count). The predicted molar refractivity (Wildman–Crippen MR) is 185 cm³/mol. The van der Waals surface area contributed by atoms with E-state index >= 15 is 0 Å². The summed E-state index contributed by atoms with van der Waals surface area (Å²) in [4.78, 5) is 37.8. The van der Waals surface area contributed by atoms with Crippen LogP contribution >= 0.6 is 11.6 Å². The highest BCUT2D eigenvalue weighted by Crippen LogP contribution is 2.56. The number of nitrogens with two attached hydrogens (primary N) is 1. The zero-order valence-electron chi connectivity index (χ0n) is 28.9. The van der Waals surface area contributed by atoms with E-state index in [2.05, 4.69) is 15.2 Å². The Bertz CT molecular complexity index is 2140. The van der Waals surface area contributed by atoms with Crippen LogP contribution in [0.4, 0.5) is 26.7 Å². The summed E-state index contributed by atoms with van der Waals surface area (Å²) in [5.74, 6) is -1.07. The number of alkyl halides is 5. The van der Waals surface area contributed by atoms with Crippen LogP contribution < -0.4 is 11.1 Å². The van der Waals surface area contributed by atoms with E-state index in [1.807, 2.05) is 47.4 Å². The lowest BCUT2D eigenvalue weighted by Crippen LogP contribution is -2.49. The SMILES string of the molecule is CC1(C[C@]2(c3ccc(-c4cnn(C5CC5)c4)cc3)N=C(N)N([C@H](COC(=O)NC3(C(F)(F)F)CC3)c3ccc(Cl)c(-c4ncnn4C(F)F)c3)C2=O)CC1. The number of nitrogens with zero attached hydrogens (tertiary/aromatic N) is 7. The van der Waals surface area contributed by atoms with Crippen LogP contribution in [0.15, 0.2) is 66.2 Å². The van der Waals surface area contributed by atoms with E-state index in [-0.39, 0.29) is 46.2 Å². The van der Waals surface area contributed by atoms with Crippen LogP contribution in [0.1, 0.15) is 81.6 Å². The molecule has 3 heterocycles. The molecule has 2 amide bonds. The van der Waals surface area contributed by atoms with Crippen molar-refractivity contribution >= 4 is 29.6 Å². The third kappa shape index (κ3) is 6.45. The third-order valence-corrected chi connectivity index (χ3v) is 11.2. The standard InChI is InChI=1S/C36H35ClF5N9O3/c1-33(10-11-33)18-35(23-5-2-20(3-6-23)22-15-45-49(16-22)24-7-8-24)29(52)50(31(43)47-35)27(17-54-32(53)48-34(12-13-34)36(40,41)42)21-4-9-26(37)25(14-21)28-44-19-46-51(28)30(38)39/h2-6,9,14-16,19,24,27,30H,7-8,10-13,17-18H2,1H3,(H2,43,47)(H,48,53)/t27-,35-/m1/s1. The van der Waals surface area contributed by atoms with Gasteiger partial charge in [0.2, 0.25) is 0 Å². The van der Waals surface area contributed by atoms with Crippen LogP contribution in [0.25, 0.3) is 22.5 Å². The molecule has 0 bridgehead atoms. The number of hydrogen-bond acceptors (Lipinski definition) is 8. The summed E-state index contributed by atoms with van der Waals surface area (Å²) in [6.07, 6.45) is 2.15. The van der Waals surface area contributed by atoms with Gasteiger partial charge in [-0.15, -0.1) is 0 Å². The van der Waals surface area contributed by atoms with Gasteiger partial charge < -0.3 is 15.8 Å². The first-order valence-electron chi connectivity index (χ1n) is 17.5. The Morgan fingerprint density at radius 1 is 1.07 bits per heavy atom. The Morgan fingerprint density at radius 3 is 2.43 bits per heavy atom. The first-order valence-corrected chi connectivity index (χ1v) is 17.8. The van der Waals surface area contributed by atoms with Gasteiger partial charge in [0.1, 0.15) is 18.5 Å². The molecular weight excluding hydrogens is 737 g/mol. The van der Waals surface area contributed by atoms with Crippen molar-refractivity contribution in [3.05, 3.63) is 77.3 Å². The average Bonchev–Trinajstić information content (AvgIpc) is 4.10. The van der Waals surface area contributed by atoms with Crippen molar-refractivity contribution in [3.8, 4) is 22.5 Å². The number of aromatic nitrogens is 5. The van der Waals surface area contributed by atoms with Crippen molar-refractivity contribution in [2.24, 2.45) is 16.1 Å². The molecule has 1 aliphatic heterocycles. The second kappa shape index (κ2) is 12.8. The summed E-state index contributed by atoms with van der Waals surface area (Å²) in [5, 5.41) is 9.99. The van der Waals surface area contributed by atoms with Gasteiger partial charge in [-0.25, -0.2) is 14.8 Å². The number of ether oxygens (including phenoxy) is 1. The summed E-state index contributed by atoms with van der Waals surface area (Å²) in [6.45, 7) is -1.70. The van der Waals surface area contributed by atoms with Gasteiger partial charge in [-0.3, -0.25) is 14.4 Å². The summed E-state index contributed by atoms with van der Waals surface area (Å²) in [5.41, 5.74) is 5.01. The van der Waals surface area contributed by atoms with Crippen molar-refractivity contribution in [3.63, 3.8) is 0 Å². The molecule has 0 unspecified atom stereocenters. The molecule has 4 aliphatic rings. The van der Waals surface area contributed by atoms with Gasteiger partial charge in [-0.2, -0.15) is 36.8 Å². The van der Waals surface area contributed by atoms with E-state index in [9.17, 15) is 31.5 Å². The number of hydrogen-bond donors (Lipinski definition) is 2. The molecule has 284 valence electrons. The normalized spacial score (nSPS) is 22.0. The maximum absolute atomic E-state index is 15.0. The average molecular weight is 772 g/mol. The number of rotatable bonds is 12. The highest BCUT2D eigenvalue weighted by Gasteiger charge is 2.65. The van der Waals surface area contributed by atoms with Gasteiger partial charge in [-0.05, 0) is 79.2 Å². The Hall–Kier alpha value is -5.06. The lowest BCUT2D eigenvalue weighted by Gasteiger charge is -2.33. The molecule has 2 aromatic heterocycles. The van der Waals surface area contributed by atoms with Crippen LogP contribution in [0.5, 0.6) is 0 Å². The Balaban J connectivity index is 1.16. The minimum Gasteiger partial charge on any atom is -0.447 e. The van der Waals surface area contributed by atoms with Crippen LogP contribution in [-0.4, -0.2) is 65.7 Å². The number of alkyl carbamates (subject to hydrolysis) is 1. The smallest absolute Gasteiger partial charge is 0.411 e. The molecule has 2 aromatic carbocycles. The summed E-state index contributed by atoms with van der Waals surface area (Å²) < 4.78 is 76.4. The number of benzene rings is 2. The zero-order valence-corrected chi connectivity index (χ0v) is 29.6. The van der Waals surface area contributed by atoms with Gasteiger partial charge in [0, 0.05) is 17.3 Å². The van der Waals surface area contributed by atoms with Gasteiger partial charge in [0.15, 0.2) is 17.3 Å². The second-order valence-corrected chi connectivity index (χ2v) is 15.3. The minimum absolute atomic E-state index is 0.00920. The minimum atomic E-state index is -4.70. The van der Waals surface area contributed by atoms with Crippen molar-refractivity contribution in [1.82, 2.24) is 34.8 Å². The van der Waals surface area contributed by atoms with Crippen molar-refractivity contribution in [1.29, 1.82) is 0 Å². The molecule has 0 spiro atoms. The van der Waals surface area contributed by atoms with E-state index in [4.69, 9.17) is 27.1 Å². The third-order valence-electron chi connectivity index (χ3n) is 10.8. The lowest BCUT2D eigenvalue weighted by molar-refractivity contribution is -0.164. The number of carbonyl (C=O) groups excluding carboxylic acids is 2. The van der Waals surface area contributed by atoms with Crippen molar-refractivity contribution in [2.75, 3.05) is 6.61 Å². The zero-order chi connectivity index (χ0) is 38.2. The largest absolute Gasteiger partial charge is 0.447 e. The monoisotopic (exact) mass is 771 g/mol. The highest BCUT2D eigenvalue weighted by molar-refractivity contribution is 6.33. The van der Waals surface area contributed by atoms with Gasteiger partial charge in [0.05, 0.1) is 23.3 Å². The molecule has 3 saturated carbocycles. The molecule has 2 atom stereocenters. The number of halogens is 6. The van der Waals surface area contributed by atoms with E-state index in [0.29, 0.717) is 22.7 Å². The fraction of sp³-hybridized carbons (Fsp3) is 0.444. The second-order valence-electron chi connectivity index (χ2n) is 14.9. The Labute approximate surface area is 310 Å². The predicted octanol–water partition coefficient (Wildman–Crippen LogP) is 7.30. The molecule has 18 heteroatoms. The van der Waals surface area contributed by atoms with Gasteiger partial charge >= 0.3 is 18.8 Å². The van der Waals surface area contributed by atoms with Crippen molar-refractivity contribution in [2.45, 2.75) is 87.8 Å². The quantitative estimate of drug-likeness (QED) is 0.144. The van der Waals surface area contributed by atoms with E-state index in [1.54, 1.807) is 6.20 Å². The Morgan fingerprint density at radius 2 is 1.80 bits per heavy atom. The van der Waals surface area contributed by atoms with Gasteiger partial charge in [-0.1, -0.05) is 48.9 Å². The molecule has 54 heavy (non-hydrogen) atoms. The maximum Gasteiger partial charge on any atom is 0.411 e. The van der Waals surface area contributed by atoms with Crippen LogP contribution in [0.2, 0.25) is 5.02 Å². The molecule has 0 saturated heterocycles. The number of carbonyl (C=O) groups is 2. The fourth-order valence-corrected chi connectivity index (χ4v) is 7.30. The van der Waals surface area contributed by atoms with E-state index in [0.717, 1.165) is 48.0 Å². The lowest BCUT2D eigenvalue weighted by atomic mass is 9.79. The van der Waals surface area contributed by atoms with Crippen LogP contribution in [-0.2, 0) is 15.1 Å². The molecule has 0 radical (unpaired) electrons. The molecule has 3 fully saturated rings. The summed E-state index contributed by atoms with van der Waals surface area (Å²) in [7, 11) is 0. The van der Waals surface area contributed by atoms with Gasteiger partial charge in [0.25, 0.3) is 5.91 Å².